The number of hydrogen-bond acceptors (Lipinski definition) is 11. The Morgan fingerprint density at radius 2 is 1.18 bits per heavy atom. The first-order valence-electron chi connectivity index (χ1n) is 11.0. The first-order valence-corrected chi connectivity index (χ1v) is 11.0. The lowest BCUT2D eigenvalue weighted by molar-refractivity contribution is -0.203. The van der Waals surface area contributed by atoms with Gasteiger partial charge in [0.05, 0.1) is 0 Å². The number of carbonyl (C=O) groups is 6. The van der Waals surface area contributed by atoms with E-state index in [1.54, 1.807) is 0 Å². The molecule has 1 rings (SSSR count). The summed E-state index contributed by atoms with van der Waals surface area (Å²) in [5.41, 5.74) is 0. The summed E-state index contributed by atoms with van der Waals surface area (Å²) in [5.74, 6) is -4.97. The van der Waals surface area contributed by atoms with Gasteiger partial charge >= 0.3 is 29.8 Å². The van der Waals surface area contributed by atoms with E-state index in [0.29, 0.717) is 12.8 Å². The van der Waals surface area contributed by atoms with Crippen LogP contribution in [0.5, 0.6) is 0 Å². The molecule has 0 heterocycles. The van der Waals surface area contributed by atoms with Gasteiger partial charge in [0.1, 0.15) is 6.61 Å². The monoisotopic (exact) mass is 487 g/mol. The second kappa shape index (κ2) is 14.2. The summed E-state index contributed by atoms with van der Waals surface area (Å²) < 4.78 is 25.8. The van der Waals surface area contributed by atoms with Gasteiger partial charge in [-0.15, -0.1) is 0 Å². The fourth-order valence-electron chi connectivity index (χ4n) is 3.63. The zero-order valence-electron chi connectivity index (χ0n) is 20.1. The van der Waals surface area contributed by atoms with Crippen LogP contribution >= 0.6 is 0 Å². The molecule has 0 bridgehead atoms. The van der Waals surface area contributed by atoms with Gasteiger partial charge in [0.2, 0.25) is 6.10 Å². The van der Waals surface area contributed by atoms with E-state index in [-0.39, 0.29) is 6.04 Å². The fraction of sp³-hybridized carbons (Fsp3) is 0.727. The third-order valence-corrected chi connectivity index (χ3v) is 4.86. The van der Waals surface area contributed by atoms with Crippen molar-refractivity contribution in [3.63, 3.8) is 0 Å². The van der Waals surface area contributed by atoms with E-state index in [1.165, 1.54) is 0 Å². The van der Waals surface area contributed by atoms with E-state index >= 15 is 0 Å². The molecule has 1 fully saturated rings. The molecule has 34 heavy (non-hydrogen) atoms. The van der Waals surface area contributed by atoms with Crippen molar-refractivity contribution in [2.75, 3.05) is 6.61 Å². The third-order valence-electron chi connectivity index (χ3n) is 4.86. The largest absolute Gasteiger partial charge is 0.462 e. The molecule has 4 unspecified atom stereocenters. The summed E-state index contributed by atoms with van der Waals surface area (Å²) in [6.45, 7) is 4.71. The van der Waals surface area contributed by atoms with Crippen LogP contribution in [0.15, 0.2) is 0 Å². The van der Waals surface area contributed by atoms with Crippen LogP contribution in [0.1, 0.15) is 66.7 Å². The van der Waals surface area contributed by atoms with Gasteiger partial charge in [-0.25, -0.2) is 0 Å². The van der Waals surface area contributed by atoms with Gasteiger partial charge < -0.3 is 29.0 Å². The van der Waals surface area contributed by atoms with Crippen molar-refractivity contribution in [1.29, 1.82) is 0 Å². The van der Waals surface area contributed by atoms with E-state index in [2.05, 4.69) is 5.32 Å². The molecule has 1 saturated carbocycles. The van der Waals surface area contributed by atoms with Gasteiger partial charge in [0.15, 0.2) is 18.3 Å². The minimum Gasteiger partial charge on any atom is -0.462 e. The zero-order valence-corrected chi connectivity index (χ0v) is 20.1. The summed E-state index contributed by atoms with van der Waals surface area (Å²) >= 11 is 0. The second-order valence-electron chi connectivity index (χ2n) is 7.97. The number of nitrogens with one attached hydrogen (secondary N) is 1. The molecule has 1 aliphatic carbocycles. The minimum absolute atomic E-state index is 0.185. The molecule has 1 aliphatic rings. The molecular formula is C22H33NO11. The molecule has 192 valence electrons. The maximum Gasteiger partial charge on any atom is 0.303 e. The molecule has 4 atom stereocenters. The highest BCUT2D eigenvalue weighted by molar-refractivity contribution is 5.85. The molecule has 0 aromatic rings. The lowest BCUT2D eigenvalue weighted by Crippen LogP contribution is -2.58. The van der Waals surface area contributed by atoms with Gasteiger partial charge in [-0.2, -0.15) is 0 Å². The van der Waals surface area contributed by atoms with Gasteiger partial charge in [0.25, 0.3) is 5.91 Å². The molecule has 0 aromatic heterocycles. The van der Waals surface area contributed by atoms with E-state index in [0.717, 1.165) is 53.9 Å². The molecule has 0 aromatic carbocycles. The highest BCUT2D eigenvalue weighted by Gasteiger charge is 2.47. The lowest BCUT2D eigenvalue weighted by Gasteiger charge is -2.35. The number of carbonyl (C=O) groups excluding carboxylic acids is 6. The van der Waals surface area contributed by atoms with Crippen LogP contribution in [-0.4, -0.2) is 72.8 Å². The van der Waals surface area contributed by atoms with Crippen LogP contribution in [0.2, 0.25) is 0 Å². The third kappa shape index (κ3) is 10.6. The van der Waals surface area contributed by atoms with E-state index in [9.17, 15) is 28.8 Å². The summed E-state index contributed by atoms with van der Waals surface area (Å²) in [6, 6.07) is -0.185. The van der Waals surface area contributed by atoms with Gasteiger partial charge in [-0.3, -0.25) is 28.8 Å². The maximum atomic E-state index is 13.2. The van der Waals surface area contributed by atoms with Crippen molar-refractivity contribution in [3.05, 3.63) is 0 Å². The summed E-state index contributed by atoms with van der Waals surface area (Å²) in [5, 5.41) is 2.78. The topological polar surface area (TPSA) is 161 Å². The molecular weight excluding hydrogens is 454 g/mol. The van der Waals surface area contributed by atoms with Crippen LogP contribution in [0.4, 0.5) is 0 Å². The fourth-order valence-corrected chi connectivity index (χ4v) is 3.63. The molecule has 0 radical (unpaired) electrons. The summed E-state index contributed by atoms with van der Waals surface area (Å²) in [4.78, 5) is 71.9. The van der Waals surface area contributed by atoms with Gasteiger partial charge in [-0.1, -0.05) is 19.3 Å². The Morgan fingerprint density at radius 1 is 0.676 bits per heavy atom. The molecule has 0 spiro atoms. The number of esters is 5. The Hall–Kier alpha value is -3.18. The van der Waals surface area contributed by atoms with Crippen LogP contribution in [0.3, 0.4) is 0 Å². The molecule has 0 saturated heterocycles. The Labute approximate surface area is 197 Å². The molecule has 1 amide bonds. The molecule has 1 N–H and O–H groups in total. The van der Waals surface area contributed by atoms with Crippen LogP contribution in [0, 0.1) is 0 Å². The number of hydrogen-bond donors (Lipinski definition) is 1. The number of rotatable bonds is 11. The van der Waals surface area contributed by atoms with Crippen molar-refractivity contribution < 1.29 is 52.5 Å². The zero-order chi connectivity index (χ0) is 25.8. The smallest absolute Gasteiger partial charge is 0.303 e. The summed E-state index contributed by atoms with van der Waals surface area (Å²) in [6.07, 6.45) is -2.31. The first-order chi connectivity index (χ1) is 15.9. The maximum absolute atomic E-state index is 13.2. The van der Waals surface area contributed by atoms with Crippen molar-refractivity contribution in [3.8, 4) is 0 Å². The summed E-state index contributed by atoms with van der Waals surface area (Å²) in [7, 11) is 0. The van der Waals surface area contributed by atoms with Gasteiger partial charge in [-0.05, 0) is 12.8 Å². The Balaban J connectivity index is 3.41. The molecule has 12 nitrogen and oxygen atoms in total. The van der Waals surface area contributed by atoms with Crippen LogP contribution < -0.4 is 5.32 Å². The predicted molar refractivity (Wildman–Crippen MR) is 114 cm³/mol. The highest BCUT2D eigenvalue weighted by atomic mass is 16.6. The average Bonchev–Trinajstić information content (AvgIpc) is 2.72. The highest BCUT2D eigenvalue weighted by Crippen LogP contribution is 2.22. The second-order valence-corrected chi connectivity index (χ2v) is 7.97. The molecule has 12 heteroatoms. The van der Waals surface area contributed by atoms with Crippen molar-refractivity contribution in [2.45, 2.75) is 97.2 Å². The SMILES string of the molecule is CC(=O)OCC(OC(C)=O)C(OC(C)=O)C(OC(C)=O)C(OC(C)=O)C(=O)NC1CCCCC1. The van der Waals surface area contributed by atoms with E-state index in [4.69, 9.17) is 23.7 Å². The van der Waals surface area contributed by atoms with Crippen LogP contribution in [0.25, 0.3) is 0 Å². The first kappa shape index (κ1) is 28.9. The Bertz CT molecular complexity index is 760. The van der Waals surface area contributed by atoms with E-state index in [1.807, 2.05) is 0 Å². The Kier molecular flexibility index (Phi) is 12.0. The van der Waals surface area contributed by atoms with E-state index < -0.39 is 66.8 Å². The molecule has 0 aliphatic heterocycles. The number of ether oxygens (including phenoxy) is 5. The van der Waals surface area contributed by atoms with Crippen molar-refractivity contribution in [1.82, 2.24) is 5.32 Å². The van der Waals surface area contributed by atoms with Crippen molar-refractivity contribution in [2.24, 2.45) is 0 Å². The minimum atomic E-state index is -1.75. The van der Waals surface area contributed by atoms with Gasteiger partial charge in [0, 0.05) is 40.7 Å². The normalized spacial score (nSPS) is 17.2. The number of amides is 1. The average molecular weight is 488 g/mol. The standard InChI is InChI=1S/C22H33NO11/c1-12(24)30-11-18(31-13(2)25)19(32-14(3)26)20(33-15(4)27)21(34-16(5)28)22(29)23-17-9-7-6-8-10-17/h17-21H,6-11H2,1-5H3,(H,23,29). The Morgan fingerprint density at radius 3 is 1.65 bits per heavy atom. The van der Waals surface area contributed by atoms with Crippen molar-refractivity contribution >= 4 is 35.8 Å². The quantitative estimate of drug-likeness (QED) is 0.323. The lowest BCUT2D eigenvalue weighted by atomic mass is 9.94. The van der Waals surface area contributed by atoms with Crippen LogP contribution in [-0.2, 0) is 52.5 Å². The predicted octanol–water partition coefficient (Wildman–Crippen LogP) is 0.725.